The van der Waals surface area contributed by atoms with E-state index in [1.807, 2.05) is 24.3 Å². The van der Waals surface area contributed by atoms with Crippen molar-refractivity contribution in [2.75, 3.05) is 38.8 Å². The lowest BCUT2D eigenvalue weighted by molar-refractivity contribution is 0.414. The Balaban J connectivity index is 0.00000338. The monoisotopic (exact) mass is 489 g/mol. The van der Waals surface area contributed by atoms with Gasteiger partial charge < -0.3 is 19.8 Å². The van der Waals surface area contributed by atoms with E-state index in [0.29, 0.717) is 0 Å². The number of rotatable bonds is 10. The average molecular weight is 489 g/mol. The summed E-state index contributed by atoms with van der Waals surface area (Å²) < 4.78 is 10.5. The Labute approximate surface area is 177 Å². The van der Waals surface area contributed by atoms with Crippen molar-refractivity contribution in [1.29, 1.82) is 0 Å². The number of benzene rings is 1. The van der Waals surface area contributed by atoms with Crippen LogP contribution in [-0.4, -0.2) is 44.7 Å². The first-order valence-electron chi connectivity index (χ1n) is 8.48. The zero-order valence-corrected chi connectivity index (χ0v) is 18.5. The van der Waals surface area contributed by atoms with Gasteiger partial charge >= 0.3 is 0 Å². The first-order chi connectivity index (χ1) is 12.3. The molecule has 0 amide bonds. The van der Waals surface area contributed by atoms with Gasteiger partial charge in [-0.05, 0) is 42.5 Å². The highest BCUT2D eigenvalue weighted by molar-refractivity contribution is 14.0. The molecule has 26 heavy (non-hydrogen) atoms. The van der Waals surface area contributed by atoms with Crippen LogP contribution in [0, 0.1) is 0 Å². The van der Waals surface area contributed by atoms with Crippen LogP contribution in [0.5, 0.6) is 5.75 Å². The Morgan fingerprint density at radius 2 is 1.85 bits per heavy atom. The molecule has 1 heterocycles. The van der Waals surface area contributed by atoms with E-state index < -0.39 is 0 Å². The highest BCUT2D eigenvalue weighted by Gasteiger charge is 2.01. The lowest BCUT2D eigenvalue weighted by Gasteiger charge is -2.12. The molecule has 0 saturated heterocycles. The number of aliphatic imine (C=N–C) groups is 1. The molecule has 0 fully saturated rings. The average Bonchev–Trinajstić information content (AvgIpc) is 3.15. The van der Waals surface area contributed by atoms with Gasteiger partial charge in [0.2, 0.25) is 0 Å². The topological polar surface area (TPSA) is 58.8 Å². The van der Waals surface area contributed by atoms with Crippen molar-refractivity contribution in [3.63, 3.8) is 0 Å². The highest BCUT2D eigenvalue weighted by Crippen LogP contribution is 2.11. The predicted octanol–water partition coefficient (Wildman–Crippen LogP) is 3.59. The summed E-state index contributed by atoms with van der Waals surface area (Å²) in [4.78, 5) is 4.61. The van der Waals surface area contributed by atoms with Crippen molar-refractivity contribution in [2.45, 2.75) is 12.8 Å². The molecule has 2 rings (SSSR count). The normalized spacial score (nSPS) is 10.9. The number of halogens is 1. The van der Waals surface area contributed by atoms with Crippen LogP contribution in [0.2, 0.25) is 0 Å². The number of ether oxygens (including phenoxy) is 1. The lowest BCUT2D eigenvalue weighted by Crippen LogP contribution is -2.39. The van der Waals surface area contributed by atoms with E-state index in [4.69, 9.17) is 9.15 Å². The largest absolute Gasteiger partial charge is 0.497 e. The van der Waals surface area contributed by atoms with Gasteiger partial charge in [0.05, 0.1) is 19.9 Å². The Morgan fingerprint density at radius 1 is 1.12 bits per heavy atom. The van der Waals surface area contributed by atoms with E-state index in [2.05, 4.69) is 34.0 Å². The summed E-state index contributed by atoms with van der Waals surface area (Å²) in [6.07, 6.45) is 5.58. The van der Waals surface area contributed by atoms with Crippen LogP contribution < -0.4 is 15.4 Å². The number of nitrogens with one attached hydrogen (secondary N) is 2. The summed E-state index contributed by atoms with van der Waals surface area (Å²) in [6.45, 7) is 2.43. The van der Waals surface area contributed by atoms with Crippen molar-refractivity contribution in [3.8, 4) is 5.75 Å². The minimum atomic E-state index is 0. The van der Waals surface area contributed by atoms with Crippen molar-refractivity contribution in [2.24, 2.45) is 4.99 Å². The van der Waals surface area contributed by atoms with Gasteiger partial charge in [-0.25, -0.2) is 0 Å². The van der Waals surface area contributed by atoms with E-state index in [1.54, 1.807) is 25.1 Å². The maximum absolute atomic E-state index is 5.36. The molecule has 5 nitrogen and oxygen atoms in total. The SMILES string of the molecule is COc1ccc(CCNC(=NCCSC)NCCc2ccco2)cc1.I. The molecule has 144 valence electrons. The third kappa shape index (κ3) is 8.84. The molecule has 2 aromatic rings. The Hall–Kier alpha value is -1.35. The number of guanidine groups is 1. The first-order valence-corrected chi connectivity index (χ1v) is 9.87. The van der Waals surface area contributed by atoms with Crippen molar-refractivity contribution < 1.29 is 9.15 Å². The molecule has 1 aromatic heterocycles. The van der Waals surface area contributed by atoms with Crippen molar-refractivity contribution in [1.82, 2.24) is 10.6 Å². The number of methoxy groups -OCH3 is 1. The van der Waals surface area contributed by atoms with Crippen LogP contribution in [0.3, 0.4) is 0 Å². The fourth-order valence-electron chi connectivity index (χ4n) is 2.30. The van der Waals surface area contributed by atoms with Crippen molar-refractivity contribution >= 4 is 41.7 Å². The van der Waals surface area contributed by atoms with Crippen molar-refractivity contribution in [3.05, 3.63) is 54.0 Å². The van der Waals surface area contributed by atoms with Gasteiger partial charge in [0, 0.05) is 25.3 Å². The molecule has 2 N–H and O–H groups in total. The Bertz CT molecular complexity index is 618. The Kier molecular flexibility index (Phi) is 12.0. The summed E-state index contributed by atoms with van der Waals surface area (Å²) in [5.41, 5.74) is 1.27. The number of nitrogens with zero attached hydrogens (tertiary/aromatic N) is 1. The zero-order chi connectivity index (χ0) is 17.7. The molecule has 7 heteroatoms. The molecular formula is C19H28IN3O2S. The van der Waals surface area contributed by atoms with Gasteiger partial charge in [0.1, 0.15) is 11.5 Å². The second kappa shape index (κ2) is 13.8. The van der Waals surface area contributed by atoms with E-state index >= 15 is 0 Å². The second-order valence-corrected chi connectivity index (χ2v) is 6.49. The molecule has 0 aliphatic rings. The number of furan rings is 1. The molecular weight excluding hydrogens is 461 g/mol. The fourth-order valence-corrected chi connectivity index (χ4v) is 2.57. The quantitative estimate of drug-likeness (QED) is 0.231. The molecule has 0 atom stereocenters. The van der Waals surface area contributed by atoms with Gasteiger partial charge in [0.25, 0.3) is 0 Å². The standard InChI is InChI=1S/C19H27N3O2S.HI/c1-23-17-7-5-16(6-8-17)9-11-20-19(22-13-15-25-2)21-12-10-18-4-3-14-24-18;/h3-8,14H,9-13,15H2,1-2H3,(H2,20,21,22);1H. The molecule has 0 saturated carbocycles. The molecule has 0 aliphatic carbocycles. The third-order valence-corrected chi connectivity index (χ3v) is 4.27. The molecule has 0 aliphatic heterocycles. The second-order valence-electron chi connectivity index (χ2n) is 5.50. The van der Waals surface area contributed by atoms with Gasteiger partial charge in [0.15, 0.2) is 5.96 Å². The third-order valence-electron chi connectivity index (χ3n) is 3.67. The van der Waals surface area contributed by atoms with Crippen LogP contribution in [0.15, 0.2) is 52.1 Å². The highest BCUT2D eigenvalue weighted by atomic mass is 127. The fraction of sp³-hybridized carbons (Fsp3) is 0.421. The summed E-state index contributed by atoms with van der Waals surface area (Å²) in [5, 5.41) is 6.77. The number of hydrogen-bond acceptors (Lipinski definition) is 4. The van der Waals surface area contributed by atoms with Gasteiger partial charge in [-0.2, -0.15) is 11.8 Å². The minimum Gasteiger partial charge on any atom is -0.497 e. The summed E-state index contributed by atoms with van der Waals surface area (Å²) >= 11 is 1.80. The summed E-state index contributed by atoms with van der Waals surface area (Å²) in [5.74, 6) is 3.74. The maximum atomic E-state index is 5.36. The van der Waals surface area contributed by atoms with Crippen LogP contribution in [-0.2, 0) is 12.8 Å². The van der Waals surface area contributed by atoms with Crippen LogP contribution in [0.1, 0.15) is 11.3 Å². The van der Waals surface area contributed by atoms with Gasteiger partial charge in [-0.1, -0.05) is 12.1 Å². The lowest BCUT2D eigenvalue weighted by atomic mass is 10.1. The maximum Gasteiger partial charge on any atom is 0.191 e. The molecule has 0 spiro atoms. The zero-order valence-electron chi connectivity index (χ0n) is 15.4. The van der Waals surface area contributed by atoms with Crippen LogP contribution in [0.25, 0.3) is 0 Å². The number of hydrogen-bond donors (Lipinski definition) is 2. The Morgan fingerprint density at radius 3 is 2.46 bits per heavy atom. The number of thioether (sulfide) groups is 1. The van der Waals surface area contributed by atoms with E-state index in [0.717, 1.165) is 55.7 Å². The van der Waals surface area contributed by atoms with Crippen LogP contribution >= 0.6 is 35.7 Å². The summed E-state index contributed by atoms with van der Waals surface area (Å²) in [7, 11) is 1.68. The molecule has 0 bridgehead atoms. The smallest absolute Gasteiger partial charge is 0.191 e. The van der Waals surface area contributed by atoms with Crippen LogP contribution in [0.4, 0.5) is 0 Å². The minimum absolute atomic E-state index is 0. The molecule has 0 radical (unpaired) electrons. The van der Waals surface area contributed by atoms with Gasteiger partial charge in [-0.3, -0.25) is 4.99 Å². The van der Waals surface area contributed by atoms with E-state index in [1.165, 1.54) is 5.56 Å². The van der Waals surface area contributed by atoms with Gasteiger partial charge in [-0.15, -0.1) is 24.0 Å². The van der Waals surface area contributed by atoms with E-state index in [9.17, 15) is 0 Å². The molecule has 1 aromatic carbocycles. The molecule has 0 unspecified atom stereocenters. The predicted molar refractivity (Wildman–Crippen MR) is 121 cm³/mol. The summed E-state index contributed by atoms with van der Waals surface area (Å²) in [6, 6.07) is 12.1. The van der Waals surface area contributed by atoms with E-state index in [-0.39, 0.29) is 24.0 Å². The first kappa shape index (κ1) is 22.7.